The molecule has 2 aliphatic heterocycles. The quantitative estimate of drug-likeness (QED) is 0.921. The zero-order valence-electron chi connectivity index (χ0n) is 13.3. The number of amides is 1. The molecule has 3 nitrogen and oxygen atoms in total. The Bertz CT molecular complexity index is 713. The van der Waals surface area contributed by atoms with Gasteiger partial charge in [-0.3, -0.25) is 4.79 Å². The van der Waals surface area contributed by atoms with Crippen LogP contribution < -0.4 is 5.32 Å². The molecule has 1 amide bonds. The number of para-hydroxylation sites is 1. The van der Waals surface area contributed by atoms with E-state index in [4.69, 9.17) is 0 Å². The summed E-state index contributed by atoms with van der Waals surface area (Å²) >= 11 is 0. The Labute approximate surface area is 137 Å². The number of likely N-dealkylation sites (tertiary alicyclic amines) is 1. The Hall–Kier alpha value is -2.29. The van der Waals surface area contributed by atoms with Gasteiger partial charge >= 0.3 is 0 Å². The van der Waals surface area contributed by atoms with Gasteiger partial charge in [0.25, 0.3) is 0 Å². The normalized spacial score (nSPS) is 23.5. The second-order valence-corrected chi connectivity index (χ2v) is 6.75. The van der Waals surface area contributed by atoms with Crippen molar-refractivity contribution in [3.63, 3.8) is 0 Å². The number of fused-ring (bicyclic) bond motifs is 1. The lowest BCUT2D eigenvalue weighted by Crippen LogP contribution is -2.36. The Morgan fingerprint density at radius 3 is 2.65 bits per heavy atom. The molecule has 2 aliphatic rings. The van der Waals surface area contributed by atoms with Crippen LogP contribution in [0.15, 0.2) is 54.6 Å². The predicted octanol–water partition coefficient (Wildman–Crippen LogP) is 3.46. The van der Waals surface area contributed by atoms with Gasteiger partial charge in [0.15, 0.2) is 0 Å². The predicted molar refractivity (Wildman–Crippen MR) is 92.2 cm³/mol. The molecule has 2 aromatic rings. The largest absolute Gasteiger partial charge is 0.385 e. The zero-order valence-corrected chi connectivity index (χ0v) is 13.3. The fourth-order valence-electron chi connectivity index (χ4n) is 3.98. The molecule has 118 valence electrons. The number of rotatable bonds is 2. The Kier molecular flexibility index (Phi) is 3.56. The summed E-state index contributed by atoms with van der Waals surface area (Å²) in [6.07, 6.45) is 2.75. The van der Waals surface area contributed by atoms with Gasteiger partial charge in [-0.05, 0) is 36.5 Å². The van der Waals surface area contributed by atoms with E-state index in [1.807, 2.05) is 23.1 Å². The third-order valence-corrected chi connectivity index (χ3v) is 5.28. The number of nitrogens with zero attached hydrogens (tertiary/aromatic N) is 1. The van der Waals surface area contributed by atoms with Gasteiger partial charge in [0, 0.05) is 25.3 Å². The van der Waals surface area contributed by atoms with Crippen LogP contribution in [-0.4, -0.2) is 23.9 Å². The van der Waals surface area contributed by atoms with Crippen molar-refractivity contribution < 1.29 is 4.79 Å². The molecule has 1 N–H and O–H groups in total. The molecule has 2 heterocycles. The minimum Gasteiger partial charge on any atom is -0.385 e. The maximum atomic E-state index is 13.1. The molecule has 2 aromatic carbocycles. The average Bonchev–Trinajstić information content (AvgIpc) is 2.77. The van der Waals surface area contributed by atoms with Gasteiger partial charge in [-0.2, -0.15) is 0 Å². The number of hydrogen-bond acceptors (Lipinski definition) is 2. The number of benzene rings is 2. The Morgan fingerprint density at radius 2 is 1.78 bits per heavy atom. The van der Waals surface area contributed by atoms with Crippen LogP contribution >= 0.6 is 0 Å². The van der Waals surface area contributed by atoms with E-state index < -0.39 is 0 Å². The van der Waals surface area contributed by atoms with Crippen LogP contribution in [-0.2, 0) is 17.8 Å². The molecule has 1 spiro atoms. The highest BCUT2D eigenvalue weighted by Gasteiger charge is 2.47. The van der Waals surface area contributed by atoms with Crippen molar-refractivity contribution in [3.8, 4) is 0 Å². The molecular weight excluding hydrogens is 284 g/mol. The molecule has 0 aliphatic carbocycles. The monoisotopic (exact) mass is 306 g/mol. The topological polar surface area (TPSA) is 32.3 Å². The van der Waals surface area contributed by atoms with E-state index >= 15 is 0 Å². The van der Waals surface area contributed by atoms with Crippen LogP contribution in [0.4, 0.5) is 5.69 Å². The van der Waals surface area contributed by atoms with Crippen LogP contribution in [0.2, 0.25) is 0 Å². The maximum absolute atomic E-state index is 13.1. The summed E-state index contributed by atoms with van der Waals surface area (Å²) in [6, 6.07) is 18.7. The molecule has 1 unspecified atom stereocenters. The molecule has 1 saturated heterocycles. The minimum absolute atomic E-state index is 0.214. The molecule has 4 rings (SSSR count). The maximum Gasteiger partial charge on any atom is 0.229 e. The molecule has 0 aromatic heterocycles. The number of carbonyl (C=O) groups excluding carboxylic acids is 1. The molecule has 3 heteroatoms. The fraction of sp³-hybridized carbons (Fsp3) is 0.350. The number of nitrogens with one attached hydrogen (secondary N) is 1. The highest BCUT2D eigenvalue weighted by atomic mass is 16.2. The van der Waals surface area contributed by atoms with Gasteiger partial charge in [-0.1, -0.05) is 48.5 Å². The lowest BCUT2D eigenvalue weighted by Gasteiger charge is -2.26. The summed E-state index contributed by atoms with van der Waals surface area (Å²) in [5, 5.41) is 3.49. The third kappa shape index (κ3) is 2.61. The highest BCUT2D eigenvalue weighted by Crippen LogP contribution is 2.42. The van der Waals surface area contributed by atoms with Gasteiger partial charge in [0.05, 0.1) is 5.41 Å². The van der Waals surface area contributed by atoms with E-state index in [0.717, 1.165) is 38.9 Å². The van der Waals surface area contributed by atoms with Gasteiger partial charge in [0.2, 0.25) is 5.91 Å². The van der Waals surface area contributed by atoms with E-state index in [-0.39, 0.29) is 5.41 Å². The first-order valence-electron chi connectivity index (χ1n) is 8.42. The van der Waals surface area contributed by atoms with Crippen molar-refractivity contribution in [1.82, 2.24) is 4.90 Å². The van der Waals surface area contributed by atoms with E-state index in [0.29, 0.717) is 5.91 Å². The van der Waals surface area contributed by atoms with Gasteiger partial charge in [-0.25, -0.2) is 0 Å². The van der Waals surface area contributed by atoms with E-state index in [2.05, 4.69) is 41.7 Å². The number of hydrogen-bond donors (Lipinski definition) is 1. The standard InChI is InChI=1S/C20H22N2O/c23-19-20(10-12-21-18-9-5-4-8-17(18)14-20)11-13-22(19)15-16-6-2-1-3-7-16/h1-9,21H,10-15H2. The van der Waals surface area contributed by atoms with E-state index in [1.54, 1.807) is 0 Å². The Morgan fingerprint density at radius 1 is 1.00 bits per heavy atom. The summed E-state index contributed by atoms with van der Waals surface area (Å²) in [5.41, 5.74) is 3.47. The molecule has 0 bridgehead atoms. The van der Waals surface area contributed by atoms with Crippen molar-refractivity contribution in [2.75, 3.05) is 18.4 Å². The summed E-state index contributed by atoms with van der Waals surface area (Å²) < 4.78 is 0. The summed E-state index contributed by atoms with van der Waals surface area (Å²) in [5.74, 6) is 0.333. The van der Waals surface area contributed by atoms with Crippen molar-refractivity contribution in [1.29, 1.82) is 0 Å². The average molecular weight is 306 g/mol. The summed E-state index contributed by atoms with van der Waals surface area (Å²) in [6.45, 7) is 2.48. The first-order valence-corrected chi connectivity index (χ1v) is 8.42. The second kappa shape index (κ2) is 5.73. The van der Waals surface area contributed by atoms with Gasteiger partial charge < -0.3 is 10.2 Å². The summed E-state index contributed by atoms with van der Waals surface area (Å²) in [4.78, 5) is 15.2. The number of anilines is 1. The molecule has 1 fully saturated rings. The van der Waals surface area contributed by atoms with Gasteiger partial charge in [0.1, 0.15) is 0 Å². The molecular formula is C20H22N2O. The third-order valence-electron chi connectivity index (χ3n) is 5.28. The zero-order chi connectivity index (χ0) is 15.7. The van der Waals surface area contributed by atoms with Crippen molar-refractivity contribution in [2.45, 2.75) is 25.8 Å². The highest BCUT2D eigenvalue weighted by molar-refractivity contribution is 5.85. The van der Waals surface area contributed by atoms with E-state index in [1.165, 1.54) is 16.8 Å². The van der Waals surface area contributed by atoms with Crippen molar-refractivity contribution in [3.05, 3.63) is 65.7 Å². The number of carbonyl (C=O) groups is 1. The van der Waals surface area contributed by atoms with Crippen LogP contribution in [0, 0.1) is 5.41 Å². The summed E-state index contributed by atoms with van der Waals surface area (Å²) in [7, 11) is 0. The second-order valence-electron chi connectivity index (χ2n) is 6.75. The first kappa shape index (κ1) is 14.3. The molecule has 23 heavy (non-hydrogen) atoms. The smallest absolute Gasteiger partial charge is 0.229 e. The van der Waals surface area contributed by atoms with Crippen LogP contribution in [0.1, 0.15) is 24.0 Å². The first-order chi connectivity index (χ1) is 11.3. The molecule has 1 atom stereocenters. The van der Waals surface area contributed by atoms with Crippen LogP contribution in [0.3, 0.4) is 0 Å². The van der Waals surface area contributed by atoms with Gasteiger partial charge in [-0.15, -0.1) is 0 Å². The fourth-order valence-corrected chi connectivity index (χ4v) is 3.98. The SMILES string of the molecule is O=C1N(Cc2ccccc2)CCC12CCNc1ccccc1C2. The van der Waals surface area contributed by atoms with Crippen molar-refractivity contribution >= 4 is 11.6 Å². The minimum atomic E-state index is -0.214. The van der Waals surface area contributed by atoms with Crippen LogP contribution in [0.5, 0.6) is 0 Å². The van der Waals surface area contributed by atoms with E-state index in [9.17, 15) is 4.79 Å². The van der Waals surface area contributed by atoms with Crippen molar-refractivity contribution in [2.24, 2.45) is 5.41 Å². The Balaban J connectivity index is 1.57. The lowest BCUT2D eigenvalue weighted by atomic mass is 9.78. The lowest BCUT2D eigenvalue weighted by molar-refractivity contribution is -0.136. The van der Waals surface area contributed by atoms with Crippen LogP contribution in [0.25, 0.3) is 0 Å². The molecule has 0 saturated carbocycles. The molecule has 0 radical (unpaired) electrons.